The van der Waals surface area contributed by atoms with Crippen molar-refractivity contribution in [3.63, 3.8) is 0 Å². The van der Waals surface area contributed by atoms with Crippen molar-refractivity contribution in [3.8, 4) is 0 Å². The number of nitrogens with one attached hydrogen (secondary N) is 2. The zero-order chi connectivity index (χ0) is 15.8. The Balaban J connectivity index is 2.54. The maximum atomic E-state index is 12.9. The summed E-state index contributed by atoms with van der Waals surface area (Å²) >= 11 is 0. The summed E-state index contributed by atoms with van der Waals surface area (Å²) in [5.74, 6) is -1.33. The molecule has 0 spiro atoms. The molecule has 0 aliphatic heterocycles. The van der Waals surface area contributed by atoms with Crippen molar-refractivity contribution in [3.05, 3.63) is 35.6 Å². The van der Waals surface area contributed by atoms with Crippen LogP contribution in [-0.4, -0.2) is 36.8 Å². The van der Waals surface area contributed by atoms with Crippen molar-refractivity contribution < 1.29 is 23.8 Å². The second kappa shape index (κ2) is 8.21. The molecule has 21 heavy (non-hydrogen) atoms. The van der Waals surface area contributed by atoms with E-state index in [1.165, 1.54) is 19.2 Å². The van der Waals surface area contributed by atoms with E-state index < -0.39 is 18.1 Å². The smallest absolute Gasteiger partial charge is 0.315 e. The van der Waals surface area contributed by atoms with E-state index in [0.29, 0.717) is 0 Å². The lowest BCUT2D eigenvalue weighted by Gasteiger charge is -2.24. The van der Waals surface area contributed by atoms with E-state index >= 15 is 0 Å². The van der Waals surface area contributed by atoms with Crippen molar-refractivity contribution in [1.82, 2.24) is 10.6 Å². The molecule has 1 rings (SSSR count). The first-order valence-electron chi connectivity index (χ1n) is 6.48. The largest absolute Gasteiger partial charge is 0.481 e. The molecular formula is C14H19FN2O4. The Morgan fingerprint density at radius 1 is 1.33 bits per heavy atom. The number of aliphatic carboxylic acids is 1. The fourth-order valence-electron chi connectivity index (χ4n) is 1.90. The lowest BCUT2D eigenvalue weighted by Crippen LogP contribution is -2.44. The number of hydrogen-bond acceptors (Lipinski definition) is 3. The van der Waals surface area contributed by atoms with Crippen LogP contribution in [0, 0.1) is 5.82 Å². The highest BCUT2D eigenvalue weighted by Crippen LogP contribution is 2.20. The van der Waals surface area contributed by atoms with Gasteiger partial charge in [0.1, 0.15) is 11.9 Å². The normalized spacial score (nSPS) is 13.3. The van der Waals surface area contributed by atoms with Gasteiger partial charge in [-0.05, 0) is 24.6 Å². The van der Waals surface area contributed by atoms with Gasteiger partial charge in [0.05, 0.1) is 12.5 Å². The standard InChI is InChI=1S/C14H19FN2O4/c1-9(17-14(20)16-8-7-12(18)19)13(21-2)10-3-5-11(15)6-4-10/h3-6,9,13H,7-8H2,1-2H3,(H,18,19)(H2,16,17,20). The minimum atomic E-state index is -0.982. The van der Waals surface area contributed by atoms with Crippen LogP contribution in [0.1, 0.15) is 25.0 Å². The van der Waals surface area contributed by atoms with Crippen LogP contribution in [0.4, 0.5) is 9.18 Å². The van der Waals surface area contributed by atoms with Crippen LogP contribution in [0.5, 0.6) is 0 Å². The lowest BCUT2D eigenvalue weighted by atomic mass is 10.0. The molecule has 0 saturated carbocycles. The molecule has 0 aliphatic rings. The molecule has 0 aliphatic carbocycles. The number of rotatable bonds is 7. The number of halogens is 1. The van der Waals surface area contributed by atoms with Crippen molar-refractivity contribution in [1.29, 1.82) is 0 Å². The Kier molecular flexibility index (Phi) is 6.61. The van der Waals surface area contributed by atoms with Gasteiger partial charge in [-0.15, -0.1) is 0 Å². The van der Waals surface area contributed by atoms with E-state index in [4.69, 9.17) is 9.84 Å². The molecule has 1 aromatic carbocycles. The van der Waals surface area contributed by atoms with Gasteiger partial charge in [-0.25, -0.2) is 9.18 Å². The number of amides is 2. The first kappa shape index (κ1) is 16.9. The Bertz CT molecular complexity index is 478. The predicted molar refractivity (Wildman–Crippen MR) is 74.4 cm³/mol. The Morgan fingerprint density at radius 3 is 2.48 bits per heavy atom. The molecule has 0 bridgehead atoms. The summed E-state index contributed by atoms with van der Waals surface area (Å²) in [5, 5.41) is 13.6. The van der Waals surface area contributed by atoms with Gasteiger partial charge in [-0.2, -0.15) is 0 Å². The Labute approximate surface area is 122 Å². The first-order chi connectivity index (χ1) is 9.93. The van der Waals surface area contributed by atoms with Crippen molar-refractivity contribution in [2.45, 2.75) is 25.5 Å². The van der Waals surface area contributed by atoms with E-state index in [1.54, 1.807) is 19.1 Å². The Morgan fingerprint density at radius 2 is 1.95 bits per heavy atom. The molecule has 7 heteroatoms. The third-order valence-electron chi connectivity index (χ3n) is 2.89. The minimum Gasteiger partial charge on any atom is -0.481 e. The predicted octanol–water partition coefficient (Wildman–Crippen LogP) is 1.68. The molecule has 2 unspecified atom stereocenters. The SMILES string of the molecule is COC(c1ccc(F)cc1)C(C)NC(=O)NCCC(=O)O. The molecule has 116 valence electrons. The second-order valence-electron chi connectivity index (χ2n) is 4.54. The lowest BCUT2D eigenvalue weighted by molar-refractivity contribution is -0.136. The van der Waals surface area contributed by atoms with E-state index in [9.17, 15) is 14.0 Å². The molecule has 6 nitrogen and oxygen atoms in total. The van der Waals surface area contributed by atoms with Gasteiger partial charge in [0, 0.05) is 13.7 Å². The van der Waals surface area contributed by atoms with Gasteiger partial charge >= 0.3 is 12.0 Å². The highest BCUT2D eigenvalue weighted by Gasteiger charge is 2.20. The van der Waals surface area contributed by atoms with Crippen LogP contribution in [0.25, 0.3) is 0 Å². The molecule has 0 aromatic heterocycles. The summed E-state index contributed by atoms with van der Waals surface area (Å²) in [6.07, 6.45) is -0.580. The van der Waals surface area contributed by atoms with Gasteiger partial charge in [0.15, 0.2) is 0 Å². The van der Waals surface area contributed by atoms with Crippen LogP contribution in [-0.2, 0) is 9.53 Å². The molecule has 0 radical (unpaired) electrons. The van der Waals surface area contributed by atoms with Crippen molar-refractivity contribution in [2.75, 3.05) is 13.7 Å². The number of hydrogen-bond donors (Lipinski definition) is 3. The second-order valence-corrected chi connectivity index (χ2v) is 4.54. The molecule has 2 atom stereocenters. The monoisotopic (exact) mass is 298 g/mol. The number of carboxylic acids is 1. The summed E-state index contributed by atoms with van der Waals surface area (Å²) in [5.41, 5.74) is 0.734. The maximum absolute atomic E-state index is 12.9. The topological polar surface area (TPSA) is 87.7 Å². The third kappa shape index (κ3) is 5.78. The zero-order valence-corrected chi connectivity index (χ0v) is 11.9. The highest BCUT2D eigenvalue weighted by atomic mass is 19.1. The molecule has 0 heterocycles. The fraction of sp³-hybridized carbons (Fsp3) is 0.429. The van der Waals surface area contributed by atoms with E-state index in [0.717, 1.165) is 5.56 Å². The number of ether oxygens (including phenoxy) is 1. The number of carbonyl (C=O) groups is 2. The average Bonchev–Trinajstić information content (AvgIpc) is 2.41. The quantitative estimate of drug-likeness (QED) is 0.714. The number of urea groups is 1. The average molecular weight is 298 g/mol. The van der Waals surface area contributed by atoms with E-state index in [-0.39, 0.29) is 24.8 Å². The summed E-state index contributed by atoms with van der Waals surface area (Å²) in [7, 11) is 1.49. The fourth-order valence-corrected chi connectivity index (χ4v) is 1.90. The molecule has 0 saturated heterocycles. The summed E-state index contributed by atoms with van der Waals surface area (Å²) < 4.78 is 18.2. The maximum Gasteiger partial charge on any atom is 0.315 e. The van der Waals surface area contributed by atoms with Crippen molar-refractivity contribution in [2.24, 2.45) is 0 Å². The number of benzene rings is 1. The minimum absolute atomic E-state index is 0.0437. The first-order valence-corrected chi connectivity index (χ1v) is 6.48. The highest BCUT2D eigenvalue weighted by molar-refractivity contribution is 5.75. The van der Waals surface area contributed by atoms with Crippen LogP contribution in [0.3, 0.4) is 0 Å². The summed E-state index contributed by atoms with van der Waals surface area (Å²) in [6, 6.07) is 4.97. The van der Waals surface area contributed by atoms with E-state index in [2.05, 4.69) is 10.6 Å². The molecule has 0 fully saturated rings. The molecule has 3 N–H and O–H groups in total. The molecule has 1 aromatic rings. The van der Waals surface area contributed by atoms with Gasteiger partial charge in [-0.3, -0.25) is 4.79 Å². The molecular weight excluding hydrogens is 279 g/mol. The number of methoxy groups -OCH3 is 1. The number of carbonyl (C=O) groups excluding carboxylic acids is 1. The van der Waals surface area contributed by atoms with Crippen LogP contribution in [0.2, 0.25) is 0 Å². The molecule has 2 amide bonds. The summed E-state index contributed by atoms with van der Waals surface area (Å²) in [4.78, 5) is 22.0. The zero-order valence-electron chi connectivity index (χ0n) is 11.9. The number of carboxylic acid groups (broad SMARTS) is 1. The van der Waals surface area contributed by atoms with Crippen LogP contribution in [0.15, 0.2) is 24.3 Å². The van der Waals surface area contributed by atoms with Crippen LogP contribution < -0.4 is 10.6 Å². The van der Waals surface area contributed by atoms with Gasteiger partial charge in [-0.1, -0.05) is 12.1 Å². The third-order valence-corrected chi connectivity index (χ3v) is 2.89. The van der Waals surface area contributed by atoms with Crippen molar-refractivity contribution >= 4 is 12.0 Å². The van der Waals surface area contributed by atoms with E-state index in [1.807, 2.05) is 0 Å². The van der Waals surface area contributed by atoms with Gasteiger partial charge in [0.25, 0.3) is 0 Å². The van der Waals surface area contributed by atoms with Gasteiger partial charge < -0.3 is 20.5 Å². The van der Waals surface area contributed by atoms with Gasteiger partial charge in [0.2, 0.25) is 0 Å². The summed E-state index contributed by atoms with van der Waals surface area (Å²) in [6.45, 7) is 1.79. The van der Waals surface area contributed by atoms with Crippen LogP contribution >= 0.6 is 0 Å². The Hall–Kier alpha value is -2.15.